The Bertz CT molecular complexity index is 763. The van der Waals surface area contributed by atoms with Gasteiger partial charge in [-0.25, -0.2) is 8.42 Å². The van der Waals surface area contributed by atoms with Crippen LogP contribution in [-0.2, 0) is 9.84 Å². The highest BCUT2D eigenvalue weighted by Gasteiger charge is 2.04. The molecule has 2 rings (SSSR count). The summed E-state index contributed by atoms with van der Waals surface area (Å²) in [7, 11) is -3.15. The van der Waals surface area contributed by atoms with Gasteiger partial charge in [-0.1, -0.05) is 48.5 Å². The molecule has 0 aliphatic rings. The number of hydrogen-bond acceptors (Lipinski definition) is 3. The van der Waals surface area contributed by atoms with E-state index in [0.29, 0.717) is 5.56 Å². The van der Waals surface area contributed by atoms with Crippen LogP contribution in [0.5, 0.6) is 0 Å². The lowest BCUT2D eigenvalue weighted by molar-refractivity contribution is 0.0958. The summed E-state index contributed by atoms with van der Waals surface area (Å²) in [5.74, 6) is -0.238. The van der Waals surface area contributed by atoms with E-state index in [1.54, 1.807) is 12.1 Å². The van der Waals surface area contributed by atoms with Gasteiger partial charge in [0.1, 0.15) is 0 Å². The van der Waals surface area contributed by atoms with E-state index in [-0.39, 0.29) is 12.5 Å². The van der Waals surface area contributed by atoms with Crippen molar-refractivity contribution < 1.29 is 13.2 Å². The molecule has 0 aliphatic heterocycles. The molecule has 114 valence electrons. The van der Waals surface area contributed by atoms with E-state index in [1.807, 2.05) is 42.5 Å². The minimum absolute atomic E-state index is 0.173. The molecule has 5 heteroatoms. The van der Waals surface area contributed by atoms with Gasteiger partial charge in [0.2, 0.25) is 0 Å². The maximum atomic E-state index is 11.9. The van der Waals surface area contributed by atoms with Gasteiger partial charge in [0.25, 0.3) is 5.91 Å². The average Bonchev–Trinajstić information content (AvgIpc) is 2.51. The van der Waals surface area contributed by atoms with Crippen molar-refractivity contribution in [2.24, 2.45) is 0 Å². The zero-order chi connectivity index (χ0) is 16.0. The quantitative estimate of drug-likeness (QED) is 0.922. The fourth-order valence-electron chi connectivity index (χ4n) is 1.92. The molecule has 0 aliphatic carbocycles. The van der Waals surface area contributed by atoms with Crippen molar-refractivity contribution in [1.29, 1.82) is 0 Å². The molecule has 0 radical (unpaired) electrons. The van der Waals surface area contributed by atoms with Crippen molar-refractivity contribution >= 4 is 15.7 Å². The summed E-state index contributed by atoms with van der Waals surface area (Å²) >= 11 is 0. The fourth-order valence-corrected chi connectivity index (χ4v) is 2.37. The smallest absolute Gasteiger partial charge is 0.251 e. The number of rotatable bonds is 5. The third kappa shape index (κ3) is 4.86. The molecule has 0 atom stereocenters. The predicted molar refractivity (Wildman–Crippen MR) is 88.2 cm³/mol. The number of carbonyl (C=O) groups excluding carboxylic acids is 1. The molecule has 0 heterocycles. The number of sulfone groups is 1. The maximum Gasteiger partial charge on any atom is 0.251 e. The third-order valence-corrected chi connectivity index (χ3v) is 3.66. The van der Waals surface area contributed by atoms with Crippen molar-refractivity contribution in [2.75, 3.05) is 12.8 Å². The van der Waals surface area contributed by atoms with Crippen LogP contribution in [0.3, 0.4) is 0 Å². The molecule has 0 saturated carbocycles. The standard InChI is InChI=1S/C17H17NO3S/c1-22(20,21)13-5-12-18-17(19)16-10-8-15(9-11-16)14-6-3-2-4-7-14/h2-11,13H,12H2,1H3,(H,18,19). The summed E-state index contributed by atoms with van der Waals surface area (Å²) in [6.45, 7) is 0.173. The highest BCUT2D eigenvalue weighted by Crippen LogP contribution is 2.19. The molecule has 4 nitrogen and oxygen atoms in total. The van der Waals surface area contributed by atoms with E-state index in [2.05, 4.69) is 5.32 Å². The van der Waals surface area contributed by atoms with Gasteiger partial charge in [0.15, 0.2) is 9.84 Å². The van der Waals surface area contributed by atoms with Crippen molar-refractivity contribution in [2.45, 2.75) is 0 Å². The van der Waals surface area contributed by atoms with Crippen LogP contribution in [0, 0.1) is 0 Å². The van der Waals surface area contributed by atoms with E-state index in [0.717, 1.165) is 22.8 Å². The first-order valence-corrected chi connectivity index (χ1v) is 8.71. The lowest BCUT2D eigenvalue weighted by Crippen LogP contribution is -2.23. The summed E-state index contributed by atoms with van der Waals surface area (Å²) in [5, 5.41) is 3.72. The van der Waals surface area contributed by atoms with Gasteiger partial charge in [0.05, 0.1) is 0 Å². The summed E-state index contributed by atoms with van der Waals surface area (Å²) < 4.78 is 21.8. The minimum atomic E-state index is -3.15. The van der Waals surface area contributed by atoms with Crippen molar-refractivity contribution in [3.8, 4) is 11.1 Å². The largest absolute Gasteiger partial charge is 0.349 e. The van der Waals surface area contributed by atoms with Crippen LogP contribution in [0.2, 0.25) is 0 Å². The normalized spacial score (nSPS) is 11.5. The molecule has 22 heavy (non-hydrogen) atoms. The monoisotopic (exact) mass is 315 g/mol. The van der Waals surface area contributed by atoms with E-state index >= 15 is 0 Å². The first-order chi connectivity index (χ1) is 10.5. The lowest BCUT2D eigenvalue weighted by atomic mass is 10.0. The van der Waals surface area contributed by atoms with Gasteiger partial charge in [0, 0.05) is 23.8 Å². The van der Waals surface area contributed by atoms with Gasteiger partial charge >= 0.3 is 0 Å². The zero-order valence-corrected chi connectivity index (χ0v) is 13.0. The number of carbonyl (C=O) groups is 1. The van der Waals surface area contributed by atoms with E-state index < -0.39 is 9.84 Å². The van der Waals surface area contributed by atoms with Gasteiger partial charge in [-0.15, -0.1) is 0 Å². The molecule has 0 saturated heterocycles. The average molecular weight is 315 g/mol. The topological polar surface area (TPSA) is 63.2 Å². The van der Waals surface area contributed by atoms with Crippen LogP contribution in [0.15, 0.2) is 66.1 Å². The Hall–Kier alpha value is -2.40. The zero-order valence-electron chi connectivity index (χ0n) is 12.2. The molecular weight excluding hydrogens is 298 g/mol. The van der Waals surface area contributed by atoms with Gasteiger partial charge in [-0.05, 0) is 23.3 Å². The van der Waals surface area contributed by atoms with Crippen LogP contribution in [-0.4, -0.2) is 27.1 Å². The number of benzene rings is 2. The summed E-state index contributed by atoms with van der Waals surface area (Å²) in [6.07, 6.45) is 2.51. The van der Waals surface area contributed by atoms with Crippen LogP contribution in [0.1, 0.15) is 10.4 Å². The molecule has 2 aromatic rings. The van der Waals surface area contributed by atoms with E-state index in [9.17, 15) is 13.2 Å². The van der Waals surface area contributed by atoms with Crippen molar-refractivity contribution in [3.05, 3.63) is 71.6 Å². The second-order valence-electron chi connectivity index (χ2n) is 4.85. The van der Waals surface area contributed by atoms with Crippen LogP contribution < -0.4 is 5.32 Å². The Morgan fingerprint density at radius 2 is 1.59 bits per heavy atom. The number of amides is 1. The molecule has 0 aromatic heterocycles. The van der Waals surface area contributed by atoms with Crippen LogP contribution in [0.4, 0.5) is 0 Å². The molecule has 0 fully saturated rings. The Morgan fingerprint density at radius 3 is 2.18 bits per heavy atom. The van der Waals surface area contributed by atoms with E-state index in [4.69, 9.17) is 0 Å². The Morgan fingerprint density at radius 1 is 1.00 bits per heavy atom. The van der Waals surface area contributed by atoms with Gasteiger partial charge in [-0.2, -0.15) is 0 Å². The Balaban J connectivity index is 1.98. The van der Waals surface area contributed by atoms with Gasteiger partial charge in [-0.3, -0.25) is 4.79 Å². The number of nitrogens with one attached hydrogen (secondary N) is 1. The second kappa shape index (κ2) is 7.04. The summed E-state index contributed by atoms with van der Waals surface area (Å²) in [5.41, 5.74) is 2.66. The Kier molecular flexibility index (Phi) is 5.12. The fraction of sp³-hybridized carbons (Fsp3) is 0.118. The van der Waals surface area contributed by atoms with Crippen LogP contribution in [0.25, 0.3) is 11.1 Å². The lowest BCUT2D eigenvalue weighted by Gasteiger charge is -2.05. The molecule has 0 bridgehead atoms. The number of hydrogen-bond donors (Lipinski definition) is 1. The van der Waals surface area contributed by atoms with E-state index in [1.165, 1.54) is 6.08 Å². The first-order valence-electron chi connectivity index (χ1n) is 6.76. The molecule has 1 N–H and O–H groups in total. The second-order valence-corrected chi connectivity index (χ2v) is 6.79. The maximum absolute atomic E-state index is 11.9. The third-order valence-electron chi connectivity index (χ3n) is 2.98. The van der Waals surface area contributed by atoms with Crippen molar-refractivity contribution in [3.63, 3.8) is 0 Å². The highest BCUT2D eigenvalue weighted by atomic mass is 32.2. The molecule has 2 aromatic carbocycles. The Labute approximate surface area is 130 Å². The highest BCUT2D eigenvalue weighted by molar-refractivity contribution is 7.93. The van der Waals surface area contributed by atoms with Gasteiger partial charge < -0.3 is 5.32 Å². The summed E-state index contributed by atoms with van der Waals surface area (Å²) in [6, 6.07) is 17.2. The molecule has 0 spiro atoms. The SMILES string of the molecule is CS(=O)(=O)C=CCNC(=O)c1ccc(-c2ccccc2)cc1. The molecule has 0 unspecified atom stereocenters. The summed E-state index contributed by atoms with van der Waals surface area (Å²) in [4.78, 5) is 11.9. The first kappa shape index (κ1) is 16.0. The minimum Gasteiger partial charge on any atom is -0.349 e. The molecule has 1 amide bonds. The predicted octanol–water partition coefficient (Wildman–Crippen LogP) is 2.64. The van der Waals surface area contributed by atoms with Crippen molar-refractivity contribution in [1.82, 2.24) is 5.32 Å². The van der Waals surface area contributed by atoms with Crippen LogP contribution >= 0.6 is 0 Å². The molecular formula is C17H17NO3S.